The van der Waals surface area contributed by atoms with Crippen molar-refractivity contribution in [1.29, 1.82) is 0 Å². The Morgan fingerprint density at radius 1 is 1.42 bits per heavy atom. The minimum atomic E-state index is 0.584. The maximum absolute atomic E-state index is 3.70. The predicted molar refractivity (Wildman–Crippen MR) is 86.9 cm³/mol. The molecule has 0 spiro atoms. The molecule has 1 fully saturated rings. The highest BCUT2D eigenvalue weighted by Gasteiger charge is 2.29. The first kappa shape index (κ1) is 14.9. The van der Waals surface area contributed by atoms with Crippen LogP contribution in [-0.4, -0.2) is 25.2 Å². The average Bonchev–Trinajstić information content (AvgIpc) is 2.40. The number of piperazine rings is 1. The number of anilines is 1. The van der Waals surface area contributed by atoms with E-state index < -0.39 is 0 Å². The van der Waals surface area contributed by atoms with E-state index >= 15 is 0 Å². The molecule has 0 aliphatic carbocycles. The summed E-state index contributed by atoms with van der Waals surface area (Å²) in [7, 11) is 0. The van der Waals surface area contributed by atoms with Crippen LogP contribution in [0.15, 0.2) is 22.7 Å². The van der Waals surface area contributed by atoms with Crippen LogP contribution in [0.5, 0.6) is 0 Å². The number of nitrogens with zero attached hydrogens (tertiary/aromatic N) is 1. The molecule has 0 amide bonds. The highest BCUT2D eigenvalue weighted by Crippen LogP contribution is 2.29. The molecule has 3 heteroatoms. The Morgan fingerprint density at radius 2 is 2.16 bits per heavy atom. The third-order valence-electron chi connectivity index (χ3n) is 4.21. The van der Waals surface area contributed by atoms with Crippen molar-refractivity contribution in [3.8, 4) is 0 Å². The Hall–Kier alpha value is -0.540. The van der Waals surface area contributed by atoms with Gasteiger partial charge in [-0.1, -0.05) is 42.8 Å². The van der Waals surface area contributed by atoms with Crippen molar-refractivity contribution >= 4 is 21.6 Å². The number of aryl methyl sites for hydroxylation is 1. The van der Waals surface area contributed by atoms with Gasteiger partial charge in [-0.15, -0.1) is 0 Å². The van der Waals surface area contributed by atoms with Gasteiger partial charge in [0, 0.05) is 35.3 Å². The van der Waals surface area contributed by atoms with Gasteiger partial charge >= 0.3 is 0 Å². The van der Waals surface area contributed by atoms with Crippen molar-refractivity contribution in [2.75, 3.05) is 18.0 Å². The second-order valence-corrected chi connectivity index (χ2v) is 6.82. The smallest absolute Gasteiger partial charge is 0.0412 e. The lowest BCUT2D eigenvalue weighted by Gasteiger charge is -2.43. The van der Waals surface area contributed by atoms with Gasteiger partial charge in [0.25, 0.3) is 0 Å². The summed E-state index contributed by atoms with van der Waals surface area (Å²) in [6, 6.07) is 7.78. The van der Waals surface area contributed by atoms with E-state index in [1.165, 1.54) is 22.1 Å². The number of benzene rings is 1. The third kappa shape index (κ3) is 3.32. The highest BCUT2D eigenvalue weighted by atomic mass is 79.9. The quantitative estimate of drug-likeness (QED) is 0.905. The van der Waals surface area contributed by atoms with Crippen molar-refractivity contribution in [2.45, 2.75) is 46.2 Å². The molecule has 0 saturated carbocycles. The molecule has 1 aliphatic heterocycles. The van der Waals surface area contributed by atoms with Gasteiger partial charge in [0.2, 0.25) is 0 Å². The maximum Gasteiger partial charge on any atom is 0.0412 e. The fraction of sp³-hybridized carbons (Fsp3) is 0.625. The molecular weight excluding hydrogens is 300 g/mol. The van der Waals surface area contributed by atoms with Gasteiger partial charge in [0.1, 0.15) is 0 Å². The Balaban J connectivity index is 2.29. The van der Waals surface area contributed by atoms with Gasteiger partial charge in [-0.2, -0.15) is 0 Å². The van der Waals surface area contributed by atoms with Crippen LogP contribution in [0.3, 0.4) is 0 Å². The van der Waals surface area contributed by atoms with Gasteiger partial charge in [0.05, 0.1) is 0 Å². The summed E-state index contributed by atoms with van der Waals surface area (Å²) in [4.78, 5) is 2.60. The SMILES string of the molecule is CCC1CNC(C(C)C)CN1c1cc(Br)ccc1C. The Labute approximate surface area is 125 Å². The molecule has 1 saturated heterocycles. The first-order valence-electron chi connectivity index (χ1n) is 7.29. The maximum atomic E-state index is 3.70. The van der Waals surface area contributed by atoms with Crippen LogP contribution < -0.4 is 10.2 Å². The number of nitrogens with one attached hydrogen (secondary N) is 1. The van der Waals surface area contributed by atoms with E-state index in [0.717, 1.165) is 13.1 Å². The second kappa shape index (κ2) is 6.27. The largest absolute Gasteiger partial charge is 0.365 e. The van der Waals surface area contributed by atoms with E-state index in [1.807, 2.05) is 0 Å². The van der Waals surface area contributed by atoms with Crippen LogP contribution in [-0.2, 0) is 0 Å². The lowest BCUT2D eigenvalue weighted by atomic mass is 9.97. The van der Waals surface area contributed by atoms with Crippen molar-refractivity contribution in [3.05, 3.63) is 28.2 Å². The van der Waals surface area contributed by atoms with Crippen LogP contribution in [0.25, 0.3) is 0 Å². The molecule has 0 radical (unpaired) electrons. The van der Waals surface area contributed by atoms with E-state index in [-0.39, 0.29) is 0 Å². The molecule has 2 unspecified atom stereocenters. The lowest BCUT2D eigenvalue weighted by molar-refractivity contribution is 0.325. The van der Waals surface area contributed by atoms with E-state index in [9.17, 15) is 0 Å². The molecule has 1 aromatic carbocycles. The van der Waals surface area contributed by atoms with E-state index in [0.29, 0.717) is 18.0 Å². The number of rotatable bonds is 3. The van der Waals surface area contributed by atoms with Crippen LogP contribution >= 0.6 is 15.9 Å². The molecule has 1 N–H and O–H groups in total. The van der Waals surface area contributed by atoms with Gasteiger partial charge < -0.3 is 10.2 Å². The minimum Gasteiger partial charge on any atom is -0.365 e. The zero-order valence-electron chi connectivity index (χ0n) is 12.4. The zero-order chi connectivity index (χ0) is 14.0. The van der Waals surface area contributed by atoms with Crippen LogP contribution in [0.1, 0.15) is 32.8 Å². The number of hydrogen-bond donors (Lipinski definition) is 1. The fourth-order valence-electron chi connectivity index (χ4n) is 2.82. The standard InChI is InChI=1S/C16H25BrN2/c1-5-14-9-18-15(11(2)3)10-19(14)16-8-13(17)7-6-12(16)4/h6-8,11,14-15,18H,5,9-10H2,1-4H3. The molecule has 1 heterocycles. The molecule has 2 atom stereocenters. The Bertz CT molecular complexity index is 431. The highest BCUT2D eigenvalue weighted by molar-refractivity contribution is 9.10. The summed E-state index contributed by atoms with van der Waals surface area (Å²) in [5.74, 6) is 0.674. The topological polar surface area (TPSA) is 15.3 Å². The first-order chi connectivity index (χ1) is 9.02. The normalized spacial score (nSPS) is 24.0. The monoisotopic (exact) mass is 324 g/mol. The number of halogens is 1. The van der Waals surface area contributed by atoms with E-state index in [2.05, 4.69) is 72.0 Å². The molecule has 106 valence electrons. The summed E-state index contributed by atoms with van der Waals surface area (Å²) >= 11 is 3.61. The second-order valence-electron chi connectivity index (χ2n) is 5.90. The van der Waals surface area contributed by atoms with E-state index in [4.69, 9.17) is 0 Å². The summed E-state index contributed by atoms with van der Waals surface area (Å²) in [5.41, 5.74) is 2.75. The molecule has 1 aromatic rings. The average molecular weight is 325 g/mol. The summed E-state index contributed by atoms with van der Waals surface area (Å²) < 4.78 is 1.17. The summed E-state index contributed by atoms with van der Waals surface area (Å²) in [6.07, 6.45) is 1.18. The summed E-state index contributed by atoms with van der Waals surface area (Å²) in [5, 5.41) is 3.70. The predicted octanol–water partition coefficient (Wildman–Crippen LogP) is 3.97. The first-order valence-corrected chi connectivity index (χ1v) is 8.08. The molecule has 19 heavy (non-hydrogen) atoms. The van der Waals surface area contributed by atoms with Crippen molar-refractivity contribution in [3.63, 3.8) is 0 Å². The Kier molecular flexibility index (Phi) is 4.91. The van der Waals surface area contributed by atoms with Gasteiger partial charge in [-0.3, -0.25) is 0 Å². The molecule has 1 aliphatic rings. The lowest BCUT2D eigenvalue weighted by Crippen LogP contribution is -2.58. The molecule has 2 rings (SSSR count). The van der Waals surface area contributed by atoms with Crippen LogP contribution in [0, 0.1) is 12.8 Å². The van der Waals surface area contributed by atoms with Gasteiger partial charge in [-0.25, -0.2) is 0 Å². The molecule has 2 nitrogen and oxygen atoms in total. The van der Waals surface area contributed by atoms with Crippen molar-refractivity contribution in [1.82, 2.24) is 5.32 Å². The van der Waals surface area contributed by atoms with Gasteiger partial charge in [0.15, 0.2) is 0 Å². The van der Waals surface area contributed by atoms with E-state index in [1.54, 1.807) is 0 Å². The summed E-state index contributed by atoms with van der Waals surface area (Å²) in [6.45, 7) is 11.3. The fourth-order valence-corrected chi connectivity index (χ4v) is 3.17. The molecular formula is C16H25BrN2. The van der Waals surface area contributed by atoms with Gasteiger partial charge in [-0.05, 0) is 37.0 Å². The molecule has 0 aromatic heterocycles. The molecule has 0 bridgehead atoms. The third-order valence-corrected chi connectivity index (χ3v) is 4.70. The Morgan fingerprint density at radius 3 is 2.79 bits per heavy atom. The number of hydrogen-bond acceptors (Lipinski definition) is 2. The van der Waals surface area contributed by atoms with Crippen LogP contribution in [0.4, 0.5) is 5.69 Å². The minimum absolute atomic E-state index is 0.584. The van der Waals surface area contributed by atoms with Crippen molar-refractivity contribution in [2.24, 2.45) is 5.92 Å². The van der Waals surface area contributed by atoms with Crippen LogP contribution in [0.2, 0.25) is 0 Å². The van der Waals surface area contributed by atoms with Crippen molar-refractivity contribution < 1.29 is 0 Å². The zero-order valence-corrected chi connectivity index (χ0v) is 14.0.